The number of aromatic amines is 4. The Morgan fingerprint density at radius 2 is 0.429 bits per heavy atom. The van der Waals surface area contributed by atoms with Gasteiger partial charge in [0, 0.05) is 49.6 Å². The van der Waals surface area contributed by atoms with Gasteiger partial charge in [0.15, 0.2) is 0 Å². The Morgan fingerprint density at radius 1 is 0.286 bits per heavy atom. The largest absolute Gasteiger partial charge is 0.368 e. The minimum absolute atomic E-state index is 0. The van der Waals surface area contributed by atoms with E-state index in [1.807, 2.05) is 98.1 Å². The second-order valence-corrected chi connectivity index (χ2v) is 3.54. The summed E-state index contributed by atoms with van der Waals surface area (Å²) in [4.78, 5) is 11.4. The van der Waals surface area contributed by atoms with Crippen LogP contribution in [0.5, 0.6) is 0 Å². The van der Waals surface area contributed by atoms with Gasteiger partial charge in [0.2, 0.25) is 0 Å². The van der Waals surface area contributed by atoms with Crippen molar-refractivity contribution >= 4 is 23.1 Å². The van der Waals surface area contributed by atoms with Gasteiger partial charge in [0.1, 0.15) is 0 Å². The van der Waals surface area contributed by atoms with E-state index in [0.29, 0.717) is 0 Å². The fourth-order valence-corrected chi connectivity index (χ4v) is 1.11. The van der Waals surface area contributed by atoms with Gasteiger partial charge in [0.05, 0.1) is 0 Å². The molecule has 0 aromatic carbocycles. The van der Waals surface area contributed by atoms with Crippen molar-refractivity contribution in [3.05, 3.63) is 98.1 Å². The molecule has 0 bridgehead atoms. The van der Waals surface area contributed by atoms with E-state index in [1.165, 1.54) is 0 Å². The van der Waals surface area contributed by atoms with E-state index in [1.54, 1.807) is 0 Å². The summed E-state index contributed by atoms with van der Waals surface area (Å²) in [5, 5.41) is 0. The first-order chi connectivity index (χ1) is 10.0. The topological polar surface area (TPSA) is 63.2 Å². The highest BCUT2D eigenvalue weighted by Gasteiger charge is 1.57. The lowest BCUT2D eigenvalue weighted by molar-refractivity contribution is 1.41. The molecule has 0 aliphatic carbocycles. The lowest BCUT2D eigenvalue weighted by Crippen LogP contribution is -1.38. The van der Waals surface area contributed by atoms with Gasteiger partial charge >= 0.3 is 23.1 Å². The second kappa shape index (κ2) is 15.9. The number of aromatic nitrogens is 4. The summed E-state index contributed by atoms with van der Waals surface area (Å²) < 4.78 is 0. The maximum atomic E-state index is 2.86. The van der Waals surface area contributed by atoms with E-state index < -0.39 is 0 Å². The van der Waals surface area contributed by atoms with Crippen LogP contribution < -0.4 is 0 Å². The first kappa shape index (κ1) is 18.9. The van der Waals surface area contributed by atoms with Gasteiger partial charge in [-0.1, -0.05) is 0 Å². The molecule has 0 unspecified atom stereocenters. The Hall–Kier alpha value is -2.11. The van der Waals surface area contributed by atoms with Crippen LogP contribution >= 0.6 is 0 Å². The maximum absolute atomic E-state index is 2.86. The van der Waals surface area contributed by atoms with Crippen LogP contribution in [-0.2, 0) is 0 Å². The zero-order valence-corrected chi connectivity index (χ0v) is 11.2. The van der Waals surface area contributed by atoms with E-state index in [2.05, 4.69) is 19.9 Å². The third kappa shape index (κ3) is 14.1. The van der Waals surface area contributed by atoms with Crippen LogP contribution in [0.15, 0.2) is 98.1 Å². The fraction of sp³-hybridized carbons (Fsp3) is 0. The highest BCUT2D eigenvalue weighted by molar-refractivity contribution is 5.75. The first-order valence-corrected chi connectivity index (χ1v) is 6.31. The number of hydrogen-bond donors (Lipinski definition) is 4. The highest BCUT2D eigenvalue weighted by Crippen LogP contribution is 1.73. The first-order valence-electron chi connectivity index (χ1n) is 6.31. The van der Waals surface area contributed by atoms with E-state index in [0.717, 1.165) is 0 Å². The molecule has 4 aromatic rings. The Labute approximate surface area is 141 Å². The van der Waals surface area contributed by atoms with Crippen LogP contribution in [0.2, 0.25) is 0 Å². The molecule has 0 aliphatic rings. The predicted octanol–water partition coefficient (Wildman–Crippen LogP) is 3.14. The average molecular weight is 295 g/mol. The van der Waals surface area contributed by atoms with Crippen LogP contribution in [0.1, 0.15) is 0 Å². The Balaban J connectivity index is 0.000000250. The second-order valence-electron chi connectivity index (χ2n) is 3.54. The third-order valence-electron chi connectivity index (χ3n) is 1.98. The molecule has 4 rings (SSSR count). The molecule has 0 spiro atoms. The molecule has 4 aromatic heterocycles. The van der Waals surface area contributed by atoms with Crippen LogP contribution in [-0.4, -0.2) is 43.0 Å². The molecule has 0 atom stereocenters. The summed E-state index contributed by atoms with van der Waals surface area (Å²) >= 11 is 0. The van der Waals surface area contributed by atoms with Crippen molar-refractivity contribution in [3.63, 3.8) is 0 Å². The van der Waals surface area contributed by atoms with Gasteiger partial charge in [-0.15, -0.1) is 0 Å². The molecule has 21 heavy (non-hydrogen) atoms. The minimum atomic E-state index is 0. The van der Waals surface area contributed by atoms with Crippen molar-refractivity contribution in [2.24, 2.45) is 0 Å². The molecule has 0 amide bonds. The zero-order chi connectivity index (χ0) is 14.1. The van der Waals surface area contributed by atoms with Crippen LogP contribution in [0, 0.1) is 0 Å². The fourth-order valence-electron chi connectivity index (χ4n) is 1.11. The summed E-state index contributed by atoms with van der Waals surface area (Å²) in [6.45, 7) is 0. The van der Waals surface area contributed by atoms with E-state index >= 15 is 0 Å². The third-order valence-corrected chi connectivity index (χ3v) is 1.98. The maximum Gasteiger partial charge on any atom is 0.316 e. The summed E-state index contributed by atoms with van der Waals surface area (Å²) in [5.41, 5.74) is 0. The van der Waals surface area contributed by atoms with Crippen LogP contribution in [0.4, 0.5) is 0 Å². The molecule has 0 radical (unpaired) electrons. The molecule has 5 heteroatoms. The zero-order valence-electron chi connectivity index (χ0n) is 11.2. The molecule has 0 saturated carbocycles. The molecule has 4 N–H and O–H groups in total. The van der Waals surface area contributed by atoms with Crippen LogP contribution in [0.25, 0.3) is 0 Å². The summed E-state index contributed by atoms with van der Waals surface area (Å²) in [6, 6.07) is 15.6. The number of rotatable bonds is 0. The predicted molar refractivity (Wildman–Crippen MR) is 91.7 cm³/mol. The quantitative estimate of drug-likeness (QED) is 0.360. The van der Waals surface area contributed by atoms with Gasteiger partial charge in [-0.2, -0.15) is 0 Å². The van der Waals surface area contributed by atoms with Gasteiger partial charge in [0.25, 0.3) is 0 Å². The number of nitrogens with one attached hydrogen (secondary N) is 4. The highest BCUT2D eigenvalue weighted by atomic mass is 24.3. The van der Waals surface area contributed by atoms with Gasteiger partial charge < -0.3 is 19.9 Å². The molecule has 4 nitrogen and oxygen atoms in total. The smallest absolute Gasteiger partial charge is 0.316 e. The van der Waals surface area contributed by atoms with Crippen molar-refractivity contribution in [1.82, 2.24) is 19.9 Å². The molecular weight excluding hydrogens is 273 g/mol. The molecule has 108 valence electrons. The van der Waals surface area contributed by atoms with Gasteiger partial charge in [-0.05, 0) is 48.5 Å². The standard InChI is InChI=1S/4C4H5N.Mg.2H/c4*1-2-4-5-3-1;;;/h4*1-5H;;;. The van der Waals surface area contributed by atoms with Gasteiger partial charge in [-0.25, -0.2) is 0 Å². The number of hydrogen-bond acceptors (Lipinski definition) is 0. The Bertz CT molecular complexity index is 351. The van der Waals surface area contributed by atoms with E-state index in [4.69, 9.17) is 0 Å². The Kier molecular flexibility index (Phi) is 14.3. The number of H-pyrrole nitrogens is 4. The molecule has 0 aliphatic heterocycles. The summed E-state index contributed by atoms with van der Waals surface area (Å²) in [7, 11) is 0. The lowest BCUT2D eigenvalue weighted by Gasteiger charge is -1.49. The molecule has 0 saturated heterocycles. The molecular formula is C16H22MgN4. The van der Waals surface area contributed by atoms with Crippen molar-refractivity contribution < 1.29 is 0 Å². The van der Waals surface area contributed by atoms with Crippen molar-refractivity contribution in [2.75, 3.05) is 0 Å². The minimum Gasteiger partial charge on any atom is -0.368 e. The van der Waals surface area contributed by atoms with E-state index in [9.17, 15) is 0 Å². The molecule has 0 fully saturated rings. The van der Waals surface area contributed by atoms with E-state index in [-0.39, 0.29) is 23.1 Å². The summed E-state index contributed by atoms with van der Waals surface area (Å²) in [5.74, 6) is 0. The van der Waals surface area contributed by atoms with Crippen LogP contribution in [0.3, 0.4) is 0 Å². The van der Waals surface area contributed by atoms with Crippen molar-refractivity contribution in [2.45, 2.75) is 0 Å². The average Bonchev–Trinajstić information content (AvgIpc) is 3.40. The Morgan fingerprint density at radius 3 is 0.476 bits per heavy atom. The summed E-state index contributed by atoms with van der Waals surface area (Å²) in [6.07, 6.45) is 15.0. The normalized spacial score (nSPS) is 7.62. The lowest BCUT2D eigenvalue weighted by atomic mass is 10.7. The molecule has 4 heterocycles. The SMILES string of the molecule is [MgH2].c1cc[nH]c1.c1cc[nH]c1.c1cc[nH]c1.c1cc[nH]c1. The monoisotopic (exact) mass is 294 g/mol. The van der Waals surface area contributed by atoms with Crippen molar-refractivity contribution in [1.29, 1.82) is 0 Å². The van der Waals surface area contributed by atoms with Crippen molar-refractivity contribution in [3.8, 4) is 0 Å². The van der Waals surface area contributed by atoms with Gasteiger partial charge in [-0.3, -0.25) is 0 Å².